The first kappa shape index (κ1) is 13.4. The van der Waals surface area contributed by atoms with E-state index in [0.717, 1.165) is 17.9 Å². The molecule has 1 aliphatic carbocycles. The Morgan fingerprint density at radius 1 is 1.50 bits per heavy atom. The number of rotatable bonds is 4. The quantitative estimate of drug-likeness (QED) is 0.879. The molecule has 1 aliphatic rings. The van der Waals surface area contributed by atoms with Crippen molar-refractivity contribution in [3.05, 3.63) is 34.3 Å². The standard InChI is InChI=1S/C14H19ClN2O/c1-8(2)13(14(16)18)17-12-6-3-9-7-10(15)4-5-11(9)12/h4-5,7-8,12-13,17H,3,6H2,1-2H3,(H2,16,18). The van der Waals surface area contributed by atoms with Crippen LogP contribution in [-0.4, -0.2) is 11.9 Å². The summed E-state index contributed by atoms with van der Waals surface area (Å²) in [6, 6.07) is 5.87. The number of amides is 1. The monoisotopic (exact) mass is 266 g/mol. The number of fused-ring (bicyclic) bond motifs is 1. The summed E-state index contributed by atoms with van der Waals surface area (Å²) in [7, 11) is 0. The molecule has 1 aromatic carbocycles. The van der Waals surface area contributed by atoms with Crippen LogP contribution in [0.1, 0.15) is 37.4 Å². The summed E-state index contributed by atoms with van der Waals surface area (Å²) in [6.07, 6.45) is 1.99. The molecule has 3 N–H and O–H groups in total. The van der Waals surface area contributed by atoms with E-state index in [1.165, 1.54) is 11.1 Å². The van der Waals surface area contributed by atoms with E-state index < -0.39 is 0 Å². The molecule has 0 fully saturated rings. The first-order chi connectivity index (χ1) is 8.49. The van der Waals surface area contributed by atoms with Crippen molar-refractivity contribution in [2.24, 2.45) is 11.7 Å². The number of carbonyl (C=O) groups is 1. The van der Waals surface area contributed by atoms with Gasteiger partial charge in [-0.15, -0.1) is 0 Å². The van der Waals surface area contributed by atoms with E-state index in [4.69, 9.17) is 17.3 Å². The van der Waals surface area contributed by atoms with E-state index in [0.29, 0.717) is 0 Å². The van der Waals surface area contributed by atoms with Crippen LogP contribution in [0.15, 0.2) is 18.2 Å². The molecule has 0 heterocycles. The molecule has 0 saturated heterocycles. The Hall–Kier alpha value is -1.06. The number of benzene rings is 1. The zero-order valence-electron chi connectivity index (χ0n) is 10.7. The van der Waals surface area contributed by atoms with Crippen LogP contribution in [-0.2, 0) is 11.2 Å². The predicted octanol–water partition coefficient (Wildman–Crippen LogP) is 2.43. The van der Waals surface area contributed by atoms with Crippen LogP contribution in [0.4, 0.5) is 0 Å². The molecule has 2 unspecified atom stereocenters. The third kappa shape index (κ3) is 2.68. The molecule has 2 atom stereocenters. The number of aryl methyl sites for hydroxylation is 1. The molecule has 0 aromatic heterocycles. The summed E-state index contributed by atoms with van der Waals surface area (Å²) in [4.78, 5) is 11.4. The second-order valence-corrected chi connectivity index (χ2v) is 5.66. The fourth-order valence-electron chi connectivity index (χ4n) is 2.58. The highest BCUT2D eigenvalue weighted by atomic mass is 35.5. The molecule has 0 spiro atoms. The lowest BCUT2D eigenvalue weighted by atomic mass is 10.0. The van der Waals surface area contributed by atoms with Gasteiger partial charge >= 0.3 is 0 Å². The molecule has 98 valence electrons. The minimum Gasteiger partial charge on any atom is -0.368 e. The molecular weight excluding hydrogens is 248 g/mol. The zero-order chi connectivity index (χ0) is 13.3. The molecule has 0 bridgehead atoms. The summed E-state index contributed by atoms with van der Waals surface area (Å²) in [5.41, 5.74) is 7.95. The van der Waals surface area contributed by atoms with E-state index >= 15 is 0 Å². The summed E-state index contributed by atoms with van der Waals surface area (Å²) in [5, 5.41) is 4.14. The van der Waals surface area contributed by atoms with Crippen LogP contribution in [0.25, 0.3) is 0 Å². The minimum absolute atomic E-state index is 0.193. The first-order valence-electron chi connectivity index (χ1n) is 6.32. The van der Waals surface area contributed by atoms with E-state index in [-0.39, 0.29) is 23.9 Å². The smallest absolute Gasteiger partial charge is 0.234 e. The van der Waals surface area contributed by atoms with Crippen molar-refractivity contribution in [2.45, 2.75) is 38.8 Å². The fourth-order valence-corrected chi connectivity index (χ4v) is 2.77. The molecule has 0 aliphatic heterocycles. The van der Waals surface area contributed by atoms with Crippen LogP contribution < -0.4 is 11.1 Å². The average molecular weight is 267 g/mol. The number of nitrogens with one attached hydrogen (secondary N) is 1. The van der Waals surface area contributed by atoms with Crippen LogP contribution in [0, 0.1) is 5.92 Å². The van der Waals surface area contributed by atoms with Gasteiger partial charge < -0.3 is 5.73 Å². The van der Waals surface area contributed by atoms with Gasteiger partial charge in [-0.05, 0) is 42.0 Å². The highest BCUT2D eigenvalue weighted by Crippen LogP contribution is 2.33. The van der Waals surface area contributed by atoms with Crippen molar-refractivity contribution < 1.29 is 4.79 Å². The Labute approximate surface area is 113 Å². The van der Waals surface area contributed by atoms with Crippen LogP contribution in [0.2, 0.25) is 5.02 Å². The number of hydrogen-bond acceptors (Lipinski definition) is 2. The Kier molecular flexibility index (Phi) is 3.93. The van der Waals surface area contributed by atoms with Crippen LogP contribution in [0.5, 0.6) is 0 Å². The van der Waals surface area contributed by atoms with E-state index in [1.807, 2.05) is 32.0 Å². The molecule has 0 saturated carbocycles. The number of halogens is 1. The van der Waals surface area contributed by atoms with E-state index in [9.17, 15) is 4.79 Å². The molecule has 18 heavy (non-hydrogen) atoms. The molecular formula is C14H19ClN2O. The van der Waals surface area contributed by atoms with Gasteiger partial charge in [-0.3, -0.25) is 10.1 Å². The summed E-state index contributed by atoms with van der Waals surface area (Å²) < 4.78 is 0. The zero-order valence-corrected chi connectivity index (χ0v) is 11.5. The molecule has 1 amide bonds. The lowest BCUT2D eigenvalue weighted by Crippen LogP contribution is -2.46. The first-order valence-corrected chi connectivity index (χ1v) is 6.70. The van der Waals surface area contributed by atoms with Gasteiger partial charge in [-0.25, -0.2) is 0 Å². The topological polar surface area (TPSA) is 55.1 Å². The molecule has 2 rings (SSSR count). The Balaban J connectivity index is 2.16. The van der Waals surface area contributed by atoms with Gasteiger partial charge in [-0.1, -0.05) is 31.5 Å². The van der Waals surface area contributed by atoms with Gasteiger partial charge in [-0.2, -0.15) is 0 Å². The van der Waals surface area contributed by atoms with Crippen molar-refractivity contribution in [1.29, 1.82) is 0 Å². The van der Waals surface area contributed by atoms with Crippen molar-refractivity contribution in [1.82, 2.24) is 5.32 Å². The maximum absolute atomic E-state index is 11.4. The third-order valence-electron chi connectivity index (χ3n) is 3.54. The summed E-state index contributed by atoms with van der Waals surface area (Å²) in [5.74, 6) is -0.0914. The summed E-state index contributed by atoms with van der Waals surface area (Å²) >= 11 is 5.98. The number of hydrogen-bond donors (Lipinski definition) is 2. The SMILES string of the molecule is CC(C)C(NC1CCc2cc(Cl)ccc21)C(N)=O. The third-order valence-corrected chi connectivity index (χ3v) is 3.77. The highest BCUT2D eigenvalue weighted by molar-refractivity contribution is 6.30. The van der Waals surface area contributed by atoms with E-state index in [2.05, 4.69) is 5.32 Å². The number of carbonyl (C=O) groups excluding carboxylic acids is 1. The number of nitrogens with two attached hydrogens (primary N) is 1. The fraction of sp³-hybridized carbons (Fsp3) is 0.500. The van der Waals surface area contributed by atoms with Crippen LogP contribution in [0.3, 0.4) is 0 Å². The van der Waals surface area contributed by atoms with Crippen molar-refractivity contribution >= 4 is 17.5 Å². The molecule has 4 heteroatoms. The Bertz CT molecular complexity index is 459. The van der Waals surface area contributed by atoms with Gasteiger partial charge in [0.1, 0.15) is 0 Å². The van der Waals surface area contributed by atoms with Gasteiger partial charge in [0.05, 0.1) is 6.04 Å². The minimum atomic E-state index is -0.285. The van der Waals surface area contributed by atoms with Gasteiger partial charge in [0.15, 0.2) is 0 Å². The molecule has 3 nitrogen and oxygen atoms in total. The Morgan fingerprint density at radius 2 is 2.22 bits per heavy atom. The van der Waals surface area contributed by atoms with Crippen molar-refractivity contribution in [3.8, 4) is 0 Å². The average Bonchev–Trinajstić information content (AvgIpc) is 2.67. The lowest BCUT2D eigenvalue weighted by Gasteiger charge is -2.24. The summed E-state index contributed by atoms with van der Waals surface area (Å²) in [6.45, 7) is 4.00. The maximum atomic E-state index is 11.4. The van der Waals surface area contributed by atoms with E-state index in [1.54, 1.807) is 0 Å². The Morgan fingerprint density at radius 3 is 2.83 bits per heavy atom. The second-order valence-electron chi connectivity index (χ2n) is 5.23. The normalized spacial score (nSPS) is 19.9. The second kappa shape index (κ2) is 5.29. The highest BCUT2D eigenvalue weighted by Gasteiger charge is 2.28. The number of primary amides is 1. The lowest BCUT2D eigenvalue weighted by molar-refractivity contribution is -0.121. The van der Waals surface area contributed by atoms with Gasteiger partial charge in [0.2, 0.25) is 5.91 Å². The maximum Gasteiger partial charge on any atom is 0.234 e. The van der Waals surface area contributed by atoms with Gasteiger partial charge in [0, 0.05) is 11.1 Å². The molecule has 0 radical (unpaired) electrons. The van der Waals surface area contributed by atoms with Crippen molar-refractivity contribution in [3.63, 3.8) is 0 Å². The van der Waals surface area contributed by atoms with Gasteiger partial charge in [0.25, 0.3) is 0 Å². The van der Waals surface area contributed by atoms with Crippen LogP contribution >= 0.6 is 11.6 Å². The predicted molar refractivity (Wildman–Crippen MR) is 73.5 cm³/mol. The van der Waals surface area contributed by atoms with Crippen molar-refractivity contribution in [2.75, 3.05) is 0 Å². The molecule has 1 aromatic rings. The largest absolute Gasteiger partial charge is 0.368 e.